The normalized spacial score (nSPS) is 15.2. The van der Waals surface area contributed by atoms with Crippen molar-refractivity contribution in [3.05, 3.63) is 60.0 Å². The SMILES string of the molecule is CCOC(=O)c1ccc(N2CCC(COc3cc(OC)cc4oc(-c5cn6c(n5)CC(OC)=N6)cc34)CC2)cc1. The summed E-state index contributed by atoms with van der Waals surface area (Å²) >= 11 is 0. The molecule has 4 aromatic rings. The smallest absolute Gasteiger partial charge is 0.338 e. The number of hydrogen-bond acceptors (Lipinski definition) is 9. The highest BCUT2D eigenvalue weighted by molar-refractivity contribution is 5.90. The van der Waals surface area contributed by atoms with Gasteiger partial charge in [0.15, 0.2) is 5.76 Å². The average molecular weight is 545 g/mol. The van der Waals surface area contributed by atoms with E-state index in [1.807, 2.05) is 55.6 Å². The minimum absolute atomic E-state index is 0.287. The zero-order valence-corrected chi connectivity index (χ0v) is 22.9. The van der Waals surface area contributed by atoms with Gasteiger partial charge >= 0.3 is 5.97 Å². The molecule has 2 aliphatic heterocycles. The summed E-state index contributed by atoms with van der Waals surface area (Å²) in [5.74, 6) is 3.63. The van der Waals surface area contributed by atoms with Crippen LogP contribution in [0.4, 0.5) is 5.69 Å². The largest absolute Gasteiger partial charge is 0.496 e. The van der Waals surface area contributed by atoms with Crippen molar-refractivity contribution >= 4 is 28.5 Å². The molecule has 10 nitrogen and oxygen atoms in total. The van der Waals surface area contributed by atoms with Crippen molar-refractivity contribution in [2.45, 2.75) is 26.2 Å². The molecule has 0 saturated carbocycles. The molecule has 0 N–H and O–H groups in total. The third-order valence-corrected chi connectivity index (χ3v) is 7.42. The van der Waals surface area contributed by atoms with Crippen molar-refractivity contribution in [3.63, 3.8) is 0 Å². The number of piperidine rings is 1. The summed E-state index contributed by atoms with van der Waals surface area (Å²) in [6, 6.07) is 13.4. The Labute approximate surface area is 232 Å². The van der Waals surface area contributed by atoms with E-state index in [4.69, 9.17) is 23.4 Å². The summed E-state index contributed by atoms with van der Waals surface area (Å²) in [4.78, 5) is 19.0. The summed E-state index contributed by atoms with van der Waals surface area (Å²) < 4.78 is 30.1. The van der Waals surface area contributed by atoms with Crippen LogP contribution >= 0.6 is 0 Å². The molecule has 6 rings (SSSR count). The molecule has 0 amide bonds. The van der Waals surface area contributed by atoms with Gasteiger partial charge in [0, 0.05) is 30.9 Å². The first-order chi connectivity index (χ1) is 19.5. The molecule has 208 valence electrons. The van der Waals surface area contributed by atoms with E-state index in [0.717, 1.165) is 48.6 Å². The fourth-order valence-electron chi connectivity index (χ4n) is 5.17. The average Bonchev–Trinajstić information content (AvgIpc) is 3.69. The molecule has 1 fully saturated rings. The number of fused-ring (bicyclic) bond motifs is 2. The second-order valence-electron chi connectivity index (χ2n) is 9.92. The third kappa shape index (κ3) is 5.09. The Bertz CT molecular complexity index is 1550. The van der Waals surface area contributed by atoms with Gasteiger partial charge in [0.2, 0.25) is 5.90 Å². The van der Waals surface area contributed by atoms with E-state index in [9.17, 15) is 4.79 Å². The van der Waals surface area contributed by atoms with Crippen molar-refractivity contribution in [1.82, 2.24) is 9.66 Å². The van der Waals surface area contributed by atoms with E-state index in [-0.39, 0.29) is 5.97 Å². The second-order valence-corrected chi connectivity index (χ2v) is 9.92. The van der Waals surface area contributed by atoms with Crippen LogP contribution in [-0.2, 0) is 15.9 Å². The summed E-state index contributed by atoms with van der Waals surface area (Å²) in [5.41, 5.74) is 3.08. The quantitative estimate of drug-likeness (QED) is 0.281. The van der Waals surface area contributed by atoms with E-state index < -0.39 is 0 Å². The van der Waals surface area contributed by atoms with Crippen LogP contribution in [0.5, 0.6) is 11.5 Å². The van der Waals surface area contributed by atoms with Gasteiger partial charge in [0.25, 0.3) is 0 Å². The summed E-state index contributed by atoms with van der Waals surface area (Å²) in [6.45, 7) is 4.63. The highest BCUT2D eigenvalue weighted by atomic mass is 16.5. The minimum atomic E-state index is -0.287. The lowest BCUT2D eigenvalue weighted by Gasteiger charge is -2.33. The minimum Gasteiger partial charge on any atom is -0.496 e. The molecule has 1 saturated heterocycles. The van der Waals surface area contributed by atoms with Crippen LogP contribution in [0, 0.1) is 5.92 Å². The predicted octanol–water partition coefficient (Wildman–Crippen LogP) is 5.14. The molecule has 0 aliphatic carbocycles. The van der Waals surface area contributed by atoms with Crippen LogP contribution in [-0.4, -0.2) is 62.1 Å². The van der Waals surface area contributed by atoms with Crippen LogP contribution in [0.2, 0.25) is 0 Å². The van der Waals surface area contributed by atoms with Gasteiger partial charge in [0.1, 0.15) is 28.6 Å². The number of ether oxygens (including phenoxy) is 4. The Kier molecular flexibility index (Phi) is 7.06. The Morgan fingerprint density at radius 1 is 1.07 bits per heavy atom. The Balaban J connectivity index is 1.11. The summed E-state index contributed by atoms with van der Waals surface area (Å²) in [7, 11) is 3.24. The molecule has 4 heterocycles. The van der Waals surface area contributed by atoms with Crippen molar-refractivity contribution < 1.29 is 28.2 Å². The highest BCUT2D eigenvalue weighted by Crippen LogP contribution is 2.37. The van der Waals surface area contributed by atoms with Crippen LogP contribution in [0.3, 0.4) is 0 Å². The van der Waals surface area contributed by atoms with Gasteiger partial charge in [-0.25, -0.2) is 14.5 Å². The van der Waals surface area contributed by atoms with Crippen molar-refractivity contribution in [1.29, 1.82) is 0 Å². The first kappa shape index (κ1) is 25.8. The molecule has 0 atom stereocenters. The monoisotopic (exact) mass is 544 g/mol. The van der Waals surface area contributed by atoms with E-state index in [0.29, 0.717) is 59.8 Å². The van der Waals surface area contributed by atoms with Crippen LogP contribution < -0.4 is 14.4 Å². The third-order valence-electron chi connectivity index (χ3n) is 7.42. The van der Waals surface area contributed by atoms with Gasteiger partial charge < -0.3 is 28.3 Å². The molecule has 2 aliphatic rings. The van der Waals surface area contributed by atoms with Crippen LogP contribution in [0.25, 0.3) is 22.4 Å². The van der Waals surface area contributed by atoms with E-state index in [1.54, 1.807) is 18.9 Å². The molecule has 2 aromatic carbocycles. The Morgan fingerprint density at radius 3 is 2.58 bits per heavy atom. The number of rotatable bonds is 8. The molecular weight excluding hydrogens is 512 g/mol. The molecule has 2 aromatic heterocycles. The lowest BCUT2D eigenvalue weighted by atomic mass is 9.97. The van der Waals surface area contributed by atoms with Gasteiger partial charge in [0.05, 0.1) is 51.0 Å². The Hall–Kier alpha value is -4.47. The number of carbonyl (C=O) groups excluding carboxylic acids is 1. The number of carbonyl (C=O) groups is 1. The van der Waals surface area contributed by atoms with E-state index in [1.165, 1.54) is 0 Å². The molecule has 0 unspecified atom stereocenters. The maximum atomic E-state index is 11.9. The lowest BCUT2D eigenvalue weighted by Crippen LogP contribution is -2.35. The standard InChI is InChI=1S/C30H32N4O6/c1-4-38-30(35)20-5-7-21(8-6-20)33-11-9-19(10-12-33)18-39-25-13-22(36-2)14-26-23(25)15-27(40-26)24-17-34-28(31-24)16-29(32-34)37-3/h5-8,13-15,17,19H,4,9-12,16,18H2,1-3H3. The number of imidazole rings is 1. The van der Waals surface area contributed by atoms with Gasteiger partial charge in [-0.15, -0.1) is 5.10 Å². The van der Waals surface area contributed by atoms with Gasteiger partial charge in [-0.3, -0.25) is 0 Å². The number of furan rings is 1. The Morgan fingerprint density at radius 2 is 1.88 bits per heavy atom. The second kappa shape index (κ2) is 11.0. The van der Waals surface area contributed by atoms with Gasteiger partial charge in [-0.1, -0.05) is 0 Å². The van der Waals surface area contributed by atoms with E-state index in [2.05, 4.69) is 15.0 Å². The van der Waals surface area contributed by atoms with Crippen molar-refractivity contribution in [2.24, 2.45) is 11.0 Å². The van der Waals surface area contributed by atoms with Crippen LogP contribution in [0.15, 0.2) is 58.2 Å². The highest BCUT2D eigenvalue weighted by Gasteiger charge is 2.23. The first-order valence-corrected chi connectivity index (χ1v) is 13.5. The number of anilines is 1. The zero-order valence-electron chi connectivity index (χ0n) is 22.9. The maximum absolute atomic E-state index is 11.9. The van der Waals surface area contributed by atoms with Gasteiger partial charge in [-0.2, -0.15) is 0 Å². The number of esters is 1. The predicted molar refractivity (Wildman–Crippen MR) is 150 cm³/mol. The number of methoxy groups -OCH3 is 2. The first-order valence-electron chi connectivity index (χ1n) is 13.5. The number of aromatic nitrogens is 2. The summed E-state index contributed by atoms with van der Waals surface area (Å²) in [6.07, 6.45) is 4.41. The molecule has 0 spiro atoms. The fourth-order valence-corrected chi connectivity index (χ4v) is 5.17. The van der Waals surface area contributed by atoms with Crippen molar-refractivity contribution in [2.75, 3.05) is 45.4 Å². The number of nitrogens with zero attached hydrogens (tertiary/aromatic N) is 4. The maximum Gasteiger partial charge on any atom is 0.338 e. The molecular formula is C30H32N4O6. The number of benzene rings is 2. The zero-order chi connectivity index (χ0) is 27.6. The molecule has 10 heteroatoms. The number of hydrogen-bond donors (Lipinski definition) is 0. The molecule has 0 radical (unpaired) electrons. The van der Waals surface area contributed by atoms with Gasteiger partial charge in [-0.05, 0) is 56.0 Å². The van der Waals surface area contributed by atoms with Crippen LogP contribution in [0.1, 0.15) is 35.9 Å². The molecule has 40 heavy (non-hydrogen) atoms. The molecule has 0 bridgehead atoms. The van der Waals surface area contributed by atoms with E-state index >= 15 is 0 Å². The lowest BCUT2D eigenvalue weighted by molar-refractivity contribution is 0.0526. The topological polar surface area (TPSA) is 101 Å². The summed E-state index contributed by atoms with van der Waals surface area (Å²) in [5, 5.41) is 5.26. The van der Waals surface area contributed by atoms with Crippen molar-refractivity contribution in [3.8, 4) is 23.0 Å². The fraction of sp³-hybridized carbons (Fsp3) is 0.367.